The summed E-state index contributed by atoms with van der Waals surface area (Å²) < 4.78 is 5.62. The molecule has 1 N–H and O–H groups in total. The molecule has 0 aliphatic carbocycles. The highest BCUT2D eigenvalue weighted by atomic mass is 16.5. The summed E-state index contributed by atoms with van der Waals surface area (Å²) in [5.74, 6) is 0.648. The maximum absolute atomic E-state index is 9.16. The van der Waals surface area contributed by atoms with Crippen molar-refractivity contribution in [3.63, 3.8) is 0 Å². The van der Waals surface area contributed by atoms with Crippen molar-refractivity contribution < 1.29 is 9.84 Å². The molecule has 90 valence electrons. The topological polar surface area (TPSA) is 66.1 Å². The molecule has 0 atom stereocenters. The first-order valence-electron chi connectivity index (χ1n) is 5.50. The summed E-state index contributed by atoms with van der Waals surface area (Å²) in [7, 11) is 0. The van der Waals surface area contributed by atoms with Gasteiger partial charge in [-0.15, -0.1) is 0 Å². The second-order valence-electron chi connectivity index (χ2n) is 3.72. The monoisotopic (exact) mass is 240 g/mol. The summed E-state index contributed by atoms with van der Waals surface area (Å²) in [5.41, 5.74) is 1.98. The van der Waals surface area contributed by atoms with Crippen molar-refractivity contribution in [3.8, 4) is 11.8 Å². The van der Waals surface area contributed by atoms with Gasteiger partial charge in [-0.1, -0.05) is 18.2 Å². The largest absolute Gasteiger partial charge is 0.489 e. The van der Waals surface area contributed by atoms with Crippen LogP contribution in [0.5, 0.6) is 5.75 Å². The fourth-order valence-electron chi connectivity index (χ4n) is 1.56. The Labute approximate surface area is 105 Å². The van der Waals surface area contributed by atoms with E-state index in [-0.39, 0.29) is 6.61 Å². The third-order valence-electron chi connectivity index (χ3n) is 2.48. The van der Waals surface area contributed by atoms with E-state index in [0.29, 0.717) is 18.1 Å². The Hall–Kier alpha value is -2.38. The van der Waals surface area contributed by atoms with Crippen LogP contribution in [0, 0.1) is 11.3 Å². The highest BCUT2D eigenvalue weighted by molar-refractivity contribution is 5.33. The highest BCUT2D eigenvalue weighted by Gasteiger charge is 2.02. The molecule has 0 saturated heterocycles. The molecular weight excluding hydrogens is 228 g/mol. The third kappa shape index (κ3) is 2.84. The molecule has 1 aromatic heterocycles. The minimum absolute atomic E-state index is 0.0596. The zero-order valence-electron chi connectivity index (χ0n) is 9.71. The summed E-state index contributed by atoms with van der Waals surface area (Å²) in [4.78, 5) is 3.89. The quantitative estimate of drug-likeness (QED) is 0.887. The number of aliphatic hydroxyl groups is 1. The lowest BCUT2D eigenvalue weighted by atomic mass is 10.2. The van der Waals surface area contributed by atoms with Gasteiger partial charge in [0, 0.05) is 11.8 Å². The molecule has 2 rings (SSSR count). The predicted octanol–water partition coefficient (Wildman–Crippen LogP) is 2.02. The number of aromatic nitrogens is 1. The maximum Gasteiger partial charge on any atom is 0.140 e. The Bertz CT molecular complexity index is 576. The van der Waals surface area contributed by atoms with Crippen LogP contribution in [0.1, 0.15) is 16.8 Å². The van der Waals surface area contributed by atoms with E-state index in [1.165, 1.54) is 0 Å². The Kier molecular flexibility index (Phi) is 3.90. The number of nitrogens with zero attached hydrogens (tertiary/aromatic N) is 2. The molecule has 1 heterocycles. The van der Waals surface area contributed by atoms with E-state index in [4.69, 9.17) is 15.1 Å². The standard InChI is InChI=1S/C14H12N2O2/c15-8-13-7-11(5-6-16-13)10-18-14-4-2-1-3-12(14)9-17/h1-7,17H,9-10H2. The Morgan fingerprint density at radius 3 is 2.89 bits per heavy atom. The molecule has 0 fully saturated rings. The normalized spacial score (nSPS) is 9.78. The first kappa shape index (κ1) is 12.1. The van der Waals surface area contributed by atoms with Crippen molar-refractivity contribution in [1.82, 2.24) is 4.98 Å². The van der Waals surface area contributed by atoms with Crippen LogP contribution in [-0.4, -0.2) is 10.1 Å². The molecule has 0 aliphatic rings. The van der Waals surface area contributed by atoms with Crippen LogP contribution >= 0.6 is 0 Å². The van der Waals surface area contributed by atoms with Crippen LogP contribution in [0.15, 0.2) is 42.6 Å². The van der Waals surface area contributed by atoms with Crippen molar-refractivity contribution in [2.45, 2.75) is 13.2 Å². The number of pyridine rings is 1. The lowest BCUT2D eigenvalue weighted by Gasteiger charge is -2.09. The average Bonchev–Trinajstić information content (AvgIpc) is 2.45. The zero-order valence-corrected chi connectivity index (χ0v) is 9.71. The SMILES string of the molecule is N#Cc1cc(COc2ccccc2CO)ccn1. The molecule has 2 aromatic rings. The van der Waals surface area contributed by atoms with Crippen LogP contribution in [0.3, 0.4) is 0 Å². The molecular formula is C14H12N2O2. The number of ether oxygens (including phenoxy) is 1. The van der Waals surface area contributed by atoms with E-state index in [1.54, 1.807) is 24.4 Å². The predicted molar refractivity (Wildman–Crippen MR) is 65.6 cm³/mol. The lowest BCUT2D eigenvalue weighted by Crippen LogP contribution is -1.99. The number of hydrogen-bond acceptors (Lipinski definition) is 4. The summed E-state index contributed by atoms with van der Waals surface area (Å²) in [6.07, 6.45) is 1.58. The van der Waals surface area contributed by atoms with Crippen molar-refractivity contribution in [1.29, 1.82) is 5.26 Å². The van der Waals surface area contributed by atoms with Crippen molar-refractivity contribution in [3.05, 3.63) is 59.4 Å². The van der Waals surface area contributed by atoms with Crippen LogP contribution < -0.4 is 4.74 Å². The van der Waals surface area contributed by atoms with Gasteiger partial charge in [0.05, 0.1) is 6.61 Å². The molecule has 0 aliphatic heterocycles. The van der Waals surface area contributed by atoms with Gasteiger partial charge < -0.3 is 9.84 Å². The van der Waals surface area contributed by atoms with Crippen molar-refractivity contribution >= 4 is 0 Å². The molecule has 0 saturated carbocycles. The van der Waals surface area contributed by atoms with Gasteiger partial charge in [-0.2, -0.15) is 5.26 Å². The smallest absolute Gasteiger partial charge is 0.140 e. The van der Waals surface area contributed by atoms with Gasteiger partial charge in [0.25, 0.3) is 0 Å². The summed E-state index contributed by atoms with van der Waals surface area (Å²) in [5, 5.41) is 17.9. The first-order chi connectivity index (χ1) is 8.83. The Morgan fingerprint density at radius 2 is 2.11 bits per heavy atom. The van der Waals surface area contributed by atoms with Crippen LogP contribution in [0.4, 0.5) is 0 Å². The maximum atomic E-state index is 9.16. The lowest BCUT2D eigenvalue weighted by molar-refractivity contribution is 0.259. The Morgan fingerprint density at radius 1 is 1.28 bits per heavy atom. The minimum atomic E-state index is -0.0596. The van der Waals surface area contributed by atoms with Gasteiger partial charge >= 0.3 is 0 Å². The van der Waals surface area contributed by atoms with E-state index >= 15 is 0 Å². The molecule has 0 bridgehead atoms. The average molecular weight is 240 g/mol. The highest BCUT2D eigenvalue weighted by Crippen LogP contribution is 2.19. The number of nitriles is 1. The van der Waals surface area contributed by atoms with E-state index in [2.05, 4.69) is 4.98 Å². The molecule has 0 spiro atoms. The van der Waals surface area contributed by atoms with Crippen LogP contribution in [-0.2, 0) is 13.2 Å². The molecule has 0 unspecified atom stereocenters. The first-order valence-corrected chi connectivity index (χ1v) is 5.50. The summed E-state index contributed by atoms with van der Waals surface area (Å²) in [6.45, 7) is 0.282. The van der Waals surface area contributed by atoms with Gasteiger partial charge in [-0.25, -0.2) is 4.98 Å². The van der Waals surface area contributed by atoms with Gasteiger partial charge in [-0.3, -0.25) is 0 Å². The molecule has 0 radical (unpaired) electrons. The molecule has 18 heavy (non-hydrogen) atoms. The molecule has 4 nitrogen and oxygen atoms in total. The Balaban J connectivity index is 2.09. The van der Waals surface area contributed by atoms with Crippen LogP contribution in [0.25, 0.3) is 0 Å². The van der Waals surface area contributed by atoms with Crippen molar-refractivity contribution in [2.75, 3.05) is 0 Å². The minimum Gasteiger partial charge on any atom is -0.489 e. The number of aliphatic hydroxyl groups excluding tert-OH is 1. The van der Waals surface area contributed by atoms with E-state index in [9.17, 15) is 0 Å². The summed E-state index contributed by atoms with van der Waals surface area (Å²) in [6, 6.07) is 12.8. The van der Waals surface area contributed by atoms with Crippen molar-refractivity contribution in [2.24, 2.45) is 0 Å². The second kappa shape index (κ2) is 5.80. The fourth-order valence-corrected chi connectivity index (χ4v) is 1.56. The molecule has 1 aromatic carbocycles. The summed E-state index contributed by atoms with van der Waals surface area (Å²) >= 11 is 0. The molecule has 0 amide bonds. The zero-order chi connectivity index (χ0) is 12.8. The second-order valence-corrected chi connectivity index (χ2v) is 3.72. The number of para-hydroxylation sites is 1. The van der Waals surface area contributed by atoms with E-state index < -0.39 is 0 Å². The van der Waals surface area contributed by atoms with Gasteiger partial charge in [0.1, 0.15) is 24.1 Å². The van der Waals surface area contributed by atoms with E-state index in [1.807, 2.05) is 24.3 Å². The van der Waals surface area contributed by atoms with Gasteiger partial charge in [0.2, 0.25) is 0 Å². The number of rotatable bonds is 4. The third-order valence-corrected chi connectivity index (χ3v) is 2.48. The fraction of sp³-hybridized carbons (Fsp3) is 0.143. The van der Waals surface area contributed by atoms with Crippen LogP contribution in [0.2, 0.25) is 0 Å². The van der Waals surface area contributed by atoms with Gasteiger partial charge in [-0.05, 0) is 23.8 Å². The van der Waals surface area contributed by atoms with Gasteiger partial charge in [0.15, 0.2) is 0 Å². The number of benzene rings is 1. The van der Waals surface area contributed by atoms with E-state index in [0.717, 1.165) is 11.1 Å². The number of hydrogen-bond donors (Lipinski definition) is 1. The molecule has 4 heteroatoms.